The van der Waals surface area contributed by atoms with Gasteiger partial charge in [-0.25, -0.2) is 4.39 Å². The molecule has 0 amide bonds. The fourth-order valence-electron chi connectivity index (χ4n) is 2.97. The van der Waals surface area contributed by atoms with E-state index in [0.29, 0.717) is 23.4 Å². The third kappa shape index (κ3) is 4.60. The van der Waals surface area contributed by atoms with Crippen molar-refractivity contribution in [3.63, 3.8) is 0 Å². The summed E-state index contributed by atoms with van der Waals surface area (Å²) in [7, 11) is 4.07. The maximum Gasteiger partial charge on any atom is 0.180 e. The molecule has 0 aliphatic rings. The van der Waals surface area contributed by atoms with E-state index in [1.54, 1.807) is 6.07 Å². The SMILES string of the molecule is CN(C)CCCCn1nc(Nc2cnccc2C(O)O)c2cc(F)ccc21. The second-order valence-corrected chi connectivity index (χ2v) is 6.71. The summed E-state index contributed by atoms with van der Waals surface area (Å²) in [5.74, 6) is 0.0957. The molecule has 0 aliphatic carbocycles. The number of hydrogen-bond donors (Lipinski definition) is 3. The van der Waals surface area contributed by atoms with Crippen LogP contribution in [0.15, 0.2) is 36.7 Å². The molecule has 2 heterocycles. The number of nitrogens with zero attached hydrogens (tertiary/aromatic N) is 4. The molecular formula is C19H24FN5O2. The molecule has 0 aliphatic heterocycles. The predicted octanol–water partition coefficient (Wildman–Crippen LogP) is 2.64. The highest BCUT2D eigenvalue weighted by Crippen LogP contribution is 2.29. The van der Waals surface area contributed by atoms with Gasteiger partial charge < -0.3 is 20.4 Å². The molecule has 144 valence electrons. The summed E-state index contributed by atoms with van der Waals surface area (Å²) >= 11 is 0. The minimum atomic E-state index is -1.65. The molecule has 3 N–H and O–H groups in total. The van der Waals surface area contributed by atoms with Crippen molar-refractivity contribution < 1.29 is 14.6 Å². The minimum absolute atomic E-state index is 0.273. The van der Waals surface area contributed by atoms with E-state index in [4.69, 9.17) is 0 Å². The van der Waals surface area contributed by atoms with Crippen molar-refractivity contribution >= 4 is 22.4 Å². The summed E-state index contributed by atoms with van der Waals surface area (Å²) in [5, 5.41) is 27.3. The van der Waals surface area contributed by atoms with E-state index in [2.05, 4.69) is 20.3 Å². The van der Waals surface area contributed by atoms with Crippen LogP contribution in [0, 0.1) is 5.82 Å². The van der Waals surface area contributed by atoms with E-state index in [9.17, 15) is 14.6 Å². The van der Waals surface area contributed by atoms with Gasteiger partial charge in [0.2, 0.25) is 0 Å². The highest BCUT2D eigenvalue weighted by molar-refractivity contribution is 5.92. The fourth-order valence-corrected chi connectivity index (χ4v) is 2.97. The monoisotopic (exact) mass is 373 g/mol. The van der Waals surface area contributed by atoms with Crippen LogP contribution < -0.4 is 5.32 Å². The lowest BCUT2D eigenvalue weighted by atomic mass is 10.2. The number of halogens is 1. The average molecular weight is 373 g/mol. The van der Waals surface area contributed by atoms with Gasteiger partial charge in [0.15, 0.2) is 12.1 Å². The molecule has 0 saturated heterocycles. The van der Waals surface area contributed by atoms with E-state index in [-0.39, 0.29) is 11.4 Å². The van der Waals surface area contributed by atoms with Crippen LogP contribution in [0.5, 0.6) is 0 Å². The van der Waals surface area contributed by atoms with Gasteiger partial charge in [0.05, 0.1) is 17.4 Å². The second-order valence-electron chi connectivity index (χ2n) is 6.71. The quantitative estimate of drug-likeness (QED) is 0.416. The molecule has 3 rings (SSSR count). The summed E-state index contributed by atoms with van der Waals surface area (Å²) in [5.41, 5.74) is 1.50. The van der Waals surface area contributed by atoms with E-state index in [0.717, 1.165) is 24.9 Å². The van der Waals surface area contributed by atoms with Gasteiger partial charge in [-0.15, -0.1) is 0 Å². The van der Waals surface area contributed by atoms with Crippen LogP contribution in [0.1, 0.15) is 24.7 Å². The standard InChI is InChI=1S/C19H24FN5O2/c1-24(2)9-3-4-10-25-17-6-5-13(20)11-15(17)18(23-25)22-16-12-21-8-7-14(16)19(26)27/h5-8,11-12,19,26-27H,3-4,9-10H2,1-2H3,(H,22,23). The summed E-state index contributed by atoms with van der Waals surface area (Å²) in [6.45, 7) is 1.70. The highest BCUT2D eigenvalue weighted by atomic mass is 19.1. The number of fused-ring (bicyclic) bond motifs is 1. The number of benzene rings is 1. The number of hydrogen-bond acceptors (Lipinski definition) is 6. The number of pyridine rings is 1. The first-order valence-corrected chi connectivity index (χ1v) is 8.83. The molecule has 0 unspecified atom stereocenters. The number of unbranched alkanes of at least 4 members (excludes halogenated alkanes) is 1. The van der Waals surface area contributed by atoms with E-state index in [1.165, 1.54) is 30.6 Å². The normalized spacial score (nSPS) is 11.7. The first-order chi connectivity index (χ1) is 13.0. The van der Waals surface area contributed by atoms with E-state index < -0.39 is 6.29 Å². The highest BCUT2D eigenvalue weighted by Gasteiger charge is 2.15. The van der Waals surface area contributed by atoms with E-state index >= 15 is 0 Å². The van der Waals surface area contributed by atoms with Crippen LogP contribution in [0.25, 0.3) is 10.9 Å². The van der Waals surface area contributed by atoms with Crippen molar-refractivity contribution in [3.8, 4) is 0 Å². The molecule has 8 heteroatoms. The number of nitrogens with one attached hydrogen (secondary N) is 1. The largest absolute Gasteiger partial charge is 0.364 e. The van der Waals surface area contributed by atoms with Gasteiger partial charge in [0.25, 0.3) is 0 Å². The van der Waals surface area contributed by atoms with Crippen molar-refractivity contribution in [2.24, 2.45) is 0 Å². The molecule has 0 saturated carbocycles. The van der Waals surface area contributed by atoms with Gasteiger partial charge in [0.1, 0.15) is 5.82 Å². The smallest absolute Gasteiger partial charge is 0.180 e. The maximum absolute atomic E-state index is 13.8. The minimum Gasteiger partial charge on any atom is -0.364 e. The number of aromatic nitrogens is 3. The van der Waals surface area contributed by atoms with Crippen LogP contribution in [-0.2, 0) is 6.54 Å². The predicted molar refractivity (Wildman–Crippen MR) is 102 cm³/mol. The number of aryl methyl sites for hydroxylation is 1. The van der Waals surface area contributed by atoms with Crippen LogP contribution in [-0.4, -0.2) is 50.5 Å². The van der Waals surface area contributed by atoms with Gasteiger partial charge in [-0.1, -0.05) is 0 Å². The van der Waals surface area contributed by atoms with Crippen molar-refractivity contribution in [2.75, 3.05) is 26.0 Å². The average Bonchev–Trinajstić information content (AvgIpc) is 2.95. The number of rotatable bonds is 8. The van der Waals surface area contributed by atoms with Crippen molar-refractivity contribution in [1.82, 2.24) is 19.7 Å². The molecule has 0 atom stereocenters. The first kappa shape index (κ1) is 19.2. The van der Waals surface area contributed by atoms with Crippen molar-refractivity contribution in [3.05, 3.63) is 48.0 Å². The number of aliphatic hydroxyl groups is 2. The van der Waals surface area contributed by atoms with E-state index in [1.807, 2.05) is 18.8 Å². The lowest BCUT2D eigenvalue weighted by molar-refractivity contribution is -0.0419. The Balaban J connectivity index is 1.90. The van der Waals surface area contributed by atoms with Crippen molar-refractivity contribution in [2.45, 2.75) is 25.7 Å². The van der Waals surface area contributed by atoms with Gasteiger partial charge in [-0.2, -0.15) is 5.10 Å². The van der Waals surface area contributed by atoms with Crippen molar-refractivity contribution in [1.29, 1.82) is 0 Å². The Morgan fingerprint density at radius 3 is 2.78 bits per heavy atom. The zero-order valence-electron chi connectivity index (χ0n) is 15.4. The molecule has 3 aromatic rings. The molecule has 2 aromatic heterocycles. The van der Waals surface area contributed by atoms with Gasteiger partial charge in [-0.3, -0.25) is 9.67 Å². The third-order valence-corrected chi connectivity index (χ3v) is 4.32. The first-order valence-electron chi connectivity index (χ1n) is 8.83. The Labute approximate surface area is 157 Å². The molecule has 0 bridgehead atoms. The van der Waals surface area contributed by atoms with Crippen LogP contribution in [0.3, 0.4) is 0 Å². The Hall–Kier alpha value is -2.55. The Morgan fingerprint density at radius 2 is 2.04 bits per heavy atom. The molecule has 0 spiro atoms. The molecular weight excluding hydrogens is 349 g/mol. The Bertz CT molecular complexity index is 910. The molecule has 7 nitrogen and oxygen atoms in total. The zero-order valence-corrected chi connectivity index (χ0v) is 15.4. The Morgan fingerprint density at radius 1 is 1.22 bits per heavy atom. The lowest BCUT2D eigenvalue weighted by Crippen LogP contribution is -2.13. The summed E-state index contributed by atoms with van der Waals surface area (Å²) < 4.78 is 15.7. The van der Waals surface area contributed by atoms with Crippen LogP contribution >= 0.6 is 0 Å². The number of anilines is 2. The summed E-state index contributed by atoms with van der Waals surface area (Å²) in [6.07, 6.45) is 3.28. The van der Waals surface area contributed by atoms with Crippen LogP contribution in [0.4, 0.5) is 15.9 Å². The molecule has 0 fully saturated rings. The topological polar surface area (TPSA) is 86.4 Å². The summed E-state index contributed by atoms with van der Waals surface area (Å²) in [4.78, 5) is 6.14. The fraction of sp³-hybridized carbons (Fsp3) is 0.368. The molecule has 0 radical (unpaired) electrons. The molecule has 1 aromatic carbocycles. The third-order valence-electron chi connectivity index (χ3n) is 4.32. The lowest BCUT2D eigenvalue weighted by Gasteiger charge is -2.11. The molecule has 27 heavy (non-hydrogen) atoms. The maximum atomic E-state index is 13.8. The van der Waals surface area contributed by atoms with Gasteiger partial charge in [0, 0.05) is 23.7 Å². The Kier molecular flexibility index (Phi) is 6.00. The number of aliphatic hydroxyl groups excluding tert-OH is 1. The second kappa shape index (κ2) is 8.43. The summed E-state index contributed by atoms with van der Waals surface area (Å²) in [6, 6.07) is 6.05. The van der Waals surface area contributed by atoms with Gasteiger partial charge >= 0.3 is 0 Å². The zero-order chi connectivity index (χ0) is 19.4. The van der Waals surface area contributed by atoms with Crippen LogP contribution in [0.2, 0.25) is 0 Å². The van der Waals surface area contributed by atoms with Gasteiger partial charge in [-0.05, 0) is 57.7 Å².